The molecule has 3 aromatic rings. The fraction of sp³-hybridized carbons (Fsp3) is 0.259. The van der Waals surface area contributed by atoms with E-state index in [1.165, 1.54) is 38.4 Å². The number of carbonyl (C=O) groups excluding carboxylic acids is 2. The highest BCUT2D eigenvalue weighted by Crippen LogP contribution is 2.55. The Labute approximate surface area is 216 Å². The van der Waals surface area contributed by atoms with Crippen LogP contribution in [0.4, 0.5) is 18.9 Å². The van der Waals surface area contributed by atoms with Crippen molar-refractivity contribution in [1.82, 2.24) is 0 Å². The van der Waals surface area contributed by atoms with Crippen molar-refractivity contribution in [2.24, 2.45) is 0 Å². The molecule has 0 spiro atoms. The van der Waals surface area contributed by atoms with Crippen molar-refractivity contribution in [2.45, 2.75) is 17.0 Å². The average Bonchev–Trinajstić information content (AvgIpc) is 2.92. The van der Waals surface area contributed by atoms with Gasteiger partial charge in [-0.25, -0.2) is 0 Å². The second-order valence-electron chi connectivity index (χ2n) is 8.21. The van der Waals surface area contributed by atoms with Crippen LogP contribution in [0.1, 0.15) is 22.7 Å². The first-order valence-electron chi connectivity index (χ1n) is 11.2. The molecule has 0 saturated carbocycles. The molecule has 1 saturated heterocycles. The summed E-state index contributed by atoms with van der Waals surface area (Å²) in [5.41, 5.74) is 0.450. The number of nitrogens with zero attached hydrogens (tertiary/aromatic N) is 1. The van der Waals surface area contributed by atoms with E-state index in [1.54, 1.807) is 48.5 Å². The minimum absolute atomic E-state index is 0.102. The largest absolute Gasteiger partial charge is 0.493 e. The number of ether oxygens (including phenoxy) is 3. The lowest BCUT2D eigenvalue weighted by atomic mass is 9.83. The Kier molecular flexibility index (Phi) is 7.40. The zero-order chi connectivity index (χ0) is 26.8. The van der Waals surface area contributed by atoms with Gasteiger partial charge in [-0.3, -0.25) is 9.59 Å². The molecule has 1 amide bonds. The summed E-state index contributed by atoms with van der Waals surface area (Å²) >= 11 is 1.12. The third kappa shape index (κ3) is 4.73. The number of anilines is 1. The van der Waals surface area contributed by atoms with Crippen molar-refractivity contribution >= 4 is 29.3 Å². The van der Waals surface area contributed by atoms with E-state index >= 15 is 0 Å². The standard InChI is InChI=1S/C27H24F3NO5S/c1-34-21-14-9-17(15-22(21)35-2)24-26(25(33)36-3,18-7-5-4-6-8-18)37-16-23(32)31(24)20-12-10-19(11-13-20)27(28,29)30/h4-15,24H,16H2,1-3H3/t24-,26+/m0/s1. The van der Waals surface area contributed by atoms with Crippen molar-refractivity contribution < 1.29 is 37.0 Å². The van der Waals surface area contributed by atoms with E-state index in [2.05, 4.69) is 0 Å². The van der Waals surface area contributed by atoms with Gasteiger partial charge in [0.05, 0.1) is 38.7 Å². The minimum Gasteiger partial charge on any atom is -0.493 e. The molecule has 37 heavy (non-hydrogen) atoms. The molecule has 1 fully saturated rings. The first-order valence-corrected chi connectivity index (χ1v) is 12.1. The third-order valence-electron chi connectivity index (χ3n) is 6.22. The maximum absolute atomic E-state index is 13.6. The van der Waals surface area contributed by atoms with Gasteiger partial charge in [0.15, 0.2) is 16.2 Å². The highest BCUT2D eigenvalue weighted by atomic mass is 32.2. The van der Waals surface area contributed by atoms with E-state index in [9.17, 15) is 22.8 Å². The summed E-state index contributed by atoms with van der Waals surface area (Å²) < 4.78 is 54.4. The number of amides is 1. The molecule has 1 aliphatic rings. The third-order valence-corrected chi connectivity index (χ3v) is 7.69. The van der Waals surface area contributed by atoms with Crippen LogP contribution < -0.4 is 14.4 Å². The first kappa shape index (κ1) is 26.4. The van der Waals surface area contributed by atoms with Crippen LogP contribution >= 0.6 is 11.8 Å². The van der Waals surface area contributed by atoms with Crippen LogP contribution in [0.3, 0.4) is 0 Å². The normalized spacial score (nSPS) is 19.9. The zero-order valence-electron chi connectivity index (χ0n) is 20.2. The Morgan fingerprint density at radius 1 is 0.946 bits per heavy atom. The summed E-state index contributed by atoms with van der Waals surface area (Å²) in [7, 11) is 4.20. The summed E-state index contributed by atoms with van der Waals surface area (Å²) in [6, 6.07) is 17.2. The lowest BCUT2D eigenvalue weighted by molar-refractivity contribution is -0.145. The molecule has 0 unspecified atom stereocenters. The predicted molar refractivity (Wildman–Crippen MR) is 134 cm³/mol. The SMILES string of the molecule is COC(=O)[C@]1(c2ccccc2)SCC(=O)N(c2ccc(C(F)(F)F)cc2)[C@H]1c1ccc(OC)c(OC)c1. The van der Waals surface area contributed by atoms with Crippen LogP contribution in [-0.4, -0.2) is 39.0 Å². The summed E-state index contributed by atoms with van der Waals surface area (Å²) in [6.07, 6.45) is -4.54. The van der Waals surface area contributed by atoms with Crippen LogP contribution in [0.2, 0.25) is 0 Å². The Balaban J connectivity index is 2.00. The lowest BCUT2D eigenvalue weighted by Crippen LogP contribution is -2.55. The van der Waals surface area contributed by atoms with E-state index in [4.69, 9.17) is 14.2 Å². The number of methoxy groups -OCH3 is 3. The molecule has 4 rings (SSSR count). The van der Waals surface area contributed by atoms with Crippen molar-refractivity contribution in [3.63, 3.8) is 0 Å². The van der Waals surface area contributed by atoms with E-state index in [0.29, 0.717) is 22.6 Å². The molecule has 0 aliphatic carbocycles. The number of alkyl halides is 3. The highest BCUT2D eigenvalue weighted by Gasteiger charge is 2.57. The van der Waals surface area contributed by atoms with Crippen LogP contribution in [0.25, 0.3) is 0 Å². The summed E-state index contributed by atoms with van der Waals surface area (Å²) in [5.74, 6) is -0.282. The van der Waals surface area contributed by atoms with Gasteiger partial charge in [-0.15, -0.1) is 11.8 Å². The van der Waals surface area contributed by atoms with Gasteiger partial charge in [0.1, 0.15) is 0 Å². The summed E-state index contributed by atoms with van der Waals surface area (Å²) in [6.45, 7) is 0. The van der Waals surface area contributed by atoms with Crippen LogP contribution in [0.5, 0.6) is 11.5 Å². The molecule has 0 N–H and O–H groups in total. The number of benzene rings is 3. The maximum Gasteiger partial charge on any atom is 0.416 e. The molecule has 0 bridgehead atoms. The van der Waals surface area contributed by atoms with Crippen molar-refractivity contribution in [1.29, 1.82) is 0 Å². The summed E-state index contributed by atoms with van der Waals surface area (Å²) in [5, 5.41) is 0. The van der Waals surface area contributed by atoms with Gasteiger partial charge >= 0.3 is 12.1 Å². The van der Waals surface area contributed by atoms with E-state index in [0.717, 1.165) is 23.9 Å². The first-order chi connectivity index (χ1) is 17.7. The van der Waals surface area contributed by atoms with Gasteiger partial charge < -0.3 is 19.1 Å². The average molecular weight is 532 g/mol. The number of halogens is 3. The van der Waals surface area contributed by atoms with E-state index in [1.807, 2.05) is 0 Å². The van der Waals surface area contributed by atoms with Crippen molar-refractivity contribution in [3.8, 4) is 11.5 Å². The number of thioether (sulfide) groups is 1. The minimum atomic E-state index is -4.54. The van der Waals surface area contributed by atoms with Crippen molar-refractivity contribution in [3.05, 3.63) is 89.5 Å². The number of esters is 1. The molecular weight excluding hydrogens is 507 g/mol. The Morgan fingerprint density at radius 3 is 2.16 bits per heavy atom. The molecule has 194 valence electrons. The van der Waals surface area contributed by atoms with Gasteiger partial charge in [-0.1, -0.05) is 36.4 Å². The Bertz CT molecular complexity index is 1280. The Hall–Kier alpha value is -3.66. The molecule has 6 nitrogen and oxygen atoms in total. The smallest absolute Gasteiger partial charge is 0.416 e. The second kappa shape index (κ2) is 10.4. The molecule has 1 aliphatic heterocycles. The molecule has 3 aromatic carbocycles. The topological polar surface area (TPSA) is 65.1 Å². The van der Waals surface area contributed by atoms with Gasteiger partial charge in [-0.2, -0.15) is 13.2 Å². The number of hydrogen-bond donors (Lipinski definition) is 0. The molecule has 0 aromatic heterocycles. The summed E-state index contributed by atoms with van der Waals surface area (Å²) in [4.78, 5) is 28.4. The van der Waals surface area contributed by atoms with Gasteiger partial charge in [0.2, 0.25) is 5.91 Å². The maximum atomic E-state index is 13.6. The highest BCUT2D eigenvalue weighted by molar-refractivity contribution is 8.01. The fourth-order valence-electron chi connectivity index (χ4n) is 4.53. The molecule has 10 heteroatoms. The van der Waals surface area contributed by atoms with Crippen molar-refractivity contribution in [2.75, 3.05) is 32.0 Å². The Morgan fingerprint density at radius 2 is 1.59 bits per heavy atom. The van der Waals surface area contributed by atoms with E-state index < -0.39 is 28.5 Å². The molecule has 2 atom stereocenters. The van der Waals surface area contributed by atoms with Gasteiger partial charge in [-0.05, 0) is 47.5 Å². The predicted octanol–water partition coefficient (Wildman–Crippen LogP) is 5.61. The lowest BCUT2D eigenvalue weighted by Gasteiger charge is -2.47. The van der Waals surface area contributed by atoms with Crippen LogP contribution in [-0.2, 0) is 25.2 Å². The number of hydrogen-bond acceptors (Lipinski definition) is 6. The monoisotopic (exact) mass is 531 g/mol. The van der Waals surface area contributed by atoms with E-state index in [-0.39, 0.29) is 17.3 Å². The number of carbonyl (C=O) groups is 2. The fourth-order valence-corrected chi connectivity index (χ4v) is 5.92. The quantitative estimate of drug-likeness (QED) is 0.385. The molecule has 1 heterocycles. The van der Waals surface area contributed by atoms with Crippen LogP contribution in [0, 0.1) is 0 Å². The number of rotatable bonds is 6. The zero-order valence-corrected chi connectivity index (χ0v) is 21.1. The van der Waals surface area contributed by atoms with Gasteiger partial charge in [0.25, 0.3) is 0 Å². The van der Waals surface area contributed by atoms with Crippen LogP contribution in [0.15, 0.2) is 72.8 Å². The molecule has 0 radical (unpaired) electrons. The second-order valence-corrected chi connectivity index (χ2v) is 9.43. The molecular formula is C27H24F3NO5S. The van der Waals surface area contributed by atoms with Gasteiger partial charge in [0, 0.05) is 5.69 Å².